The number of aromatic nitrogens is 3. The molecule has 0 aliphatic heterocycles. The smallest absolute Gasteiger partial charge is 0.310 e. The minimum atomic E-state index is -0.634. The SMILES string of the molecule is C[C@H](OC(=O)[C@H]1C[C@H]1c1ccc(F)cc1F)c1nc2ncc(Br)cc2[nH]1. The first-order chi connectivity index (χ1) is 12.4. The van der Waals surface area contributed by atoms with Crippen molar-refractivity contribution >= 4 is 33.1 Å². The molecule has 26 heavy (non-hydrogen) atoms. The van der Waals surface area contributed by atoms with E-state index in [0.717, 1.165) is 16.1 Å². The molecule has 134 valence electrons. The summed E-state index contributed by atoms with van der Waals surface area (Å²) >= 11 is 3.34. The maximum absolute atomic E-state index is 13.8. The minimum Gasteiger partial charge on any atom is -0.454 e. The molecule has 5 nitrogen and oxygen atoms in total. The molecule has 1 fully saturated rings. The zero-order valence-electron chi connectivity index (χ0n) is 13.7. The summed E-state index contributed by atoms with van der Waals surface area (Å²) in [6.07, 6.45) is 1.54. The number of ether oxygens (including phenoxy) is 1. The van der Waals surface area contributed by atoms with Crippen LogP contribution in [0.25, 0.3) is 11.2 Å². The van der Waals surface area contributed by atoms with Crippen molar-refractivity contribution in [1.82, 2.24) is 15.0 Å². The van der Waals surface area contributed by atoms with E-state index in [4.69, 9.17) is 4.74 Å². The lowest BCUT2D eigenvalue weighted by Crippen LogP contribution is -2.12. The standard InChI is InChI=1S/C18H14BrF2N3O2/c1-8(16-23-15-4-9(19)7-22-17(15)24-16)26-18(25)13-6-12(13)11-3-2-10(20)5-14(11)21/h2-5,7-8,12-13H,6H2,1H3,(H,22,23,24)/t8-,12-,13-/m0/s1. The van der Waals surface area contributed by atoms with Gasteiger partial charge in [-0.1, -0.05) is 6.07 Å². The van der Waals surface area contributed by atoms with Gasteiger partial charge in [-0.05, 0) is 47.0 Å². The molecule has 0 saturated heterocycles. The summed E-state index contributed by atoms with van der Waals surface area (Å²) in [7, 11) is 0. The Morgan fingerprint density at radius 3 is 2.96 bits per heavy atom. The molecule has 4 rings (SSSR count). The van der Waals surface area contributed by atoms with Crippen molar-refractivity contribution in [3.63, 3.8) is 0 Å². The Balaban J connectivity index is 1.44. The second-order valence-electron chi connectivity index (χ2n) is 6.34. The molecular formula is C18H14BrF2N3O2. The Morgan fingerprint density at radius 2 is 2.19 bits per heavy atom. The summed E-state index contributed by atoms with van der Waals surface area (Å²) in [5, 5.41) is 0. The normalized spacial score (nSPS) is 20.2. The van der Waals surface area contributed by atoms with Gasteiger partial charge in [0.1, 0.15) is 17.5 Å². The van der Waals surface area contributed by atoms with E-state index in [0.29, 0.717) is 23.5 Å². The number of pyridine rings is 1. The molecule has 8 heteroatoms. The molecule has 3 atom stereocenters. The zero-order chi connectivity index (χ0) is 18.4. The molecule has 0 spiro atoms. The van der Waals surface area contributed by atoms with Crippen LogP contribution in [0.2, 0.25) is 0 Å². The molecule has 1 aliphatic carbocycles. The Bertz CT molecular complexity index is 1010. The number of carbonyl (C=O) groups excluding carboxylic acids is 1. The second-order valence-corrected chi connectivity index (χ2v) is 7.26. The third kappa shape index (κ3) is 3.21. The van der Waals surface area contributed by atoms with Gasteiger partial charge in [0.15, 0.2) is 11.8 Å². The number of esters is 1. The van der Waals surface area contributed by atoms with Crippen molar-refractivity contribution in [3.8, 4) is 0 Å². The fourth-order valence-corrected chi connectivity index (χ4v) is 3.34. The average molecular weight is 422 g/mol. The predicted molar refractivity (Wildman–Crippen MR) is 93.3 cm³/mol. The summed E-state index contributed by atoms with van der Waals surface area (Å²) < 4.78 is 33.1. The zero-order valence-corrected chi connectivity index (χ0v) is 15.3. The Kier molecular flexibility index (Phi) is 4.22. The molecule has 1 aliphatic rings. The number of aromatic amines is 1. The van der Waals surface area contributed by atoms with Gasteiger partial charge in [0.25, 0.3) is 0 Å². The lowest BCUT2D eigenvalue weighted by molar-refractivity contribution is -0.150. The number of H-pyrrole nitrogens is 1. The first kappa shape index (κ1) is 17.1. The third-order valence-electron chi connectivity index (χ3n) is 4.46. The van der Waals surface area contributed by atoms with Crippen molar-refractivity contribution in [3.05, 3.63) is 58.0 Å². The van der Waals surface area contributed by atoms with Crippen molar-refractivity contribution in [2.75, 3.05) is 0 Å². The molecule has 1 saturated carbocycles. The summed E-state index contributed by atoms with van der Waals surface area (Å²) in [5.41, 5.74) is 1.61. The maximum Gasteiger partial charge on any atom is 0.310 e. The van der Waals surface area contributed by atoms with Gasteiger partial charge in [0, 0.05) is 22.7 Å². The summed E-state index contributed by atoms with van der Waals surface area (Å²) in [5.74, 6) is -1.89. The summed E-state index contributed by atoms with van der Waals surface area (Å²) in [4.78, 5) is 23.9. The number of hydrogen-bond donors (Lipinski definition) is 1. The molecule has 2 aromatic heterocycles. The van der Waals surface area contributed by atoms with Gasteiger partial charge in [-0.15, -0.1) is 0 Å². The van der Waals surface area contributed by atoms with Crippen LogP contribution in [0.1, 0.15) is 36.8 Å². The number of carbonyl (C=O) groups is 1. The van der Waals surface area contributed by atoms with Gasteiger partial charge in [-0.2, -0.15) is 0 Å². The molecule has 1 N–H and O–H groups in total. The van der Waals surface area contributed by atoms with Gasteiger partial charge >= 0.3 is 5.97 Å². The van der Waals surface area contributed by atoms with Crippen LogP contribution in [0.3, 0.4) is 0 Å². The predicted octanol–water partition coefficient (Wildman–Crippen LogP) is 4.41. The van der Waals surface area contributed by atoms with E-state index in [-0.39, 0.29) is 5.92 Å². The van der Waals surface area contributed by atoms with Gasteiger partial charge in [-0.3, -0.25) is 4.79 Å². The Morgan fingerprint density at radius 1 is 1.38 bits per heavy atom. The van der Waals surface area contributed by atoms with E-state index in [1.54, 1.807) is 13.1 Å². The Labute approximate surface area is 155 Å². The number of nitrogens with one attached hydrogen (secondary N) is 1. The van der Waals surface area contributed by atoms with Crippen molar-refractivity contribution < 1.29 is 18.3 Å². The minimum absolute atomic E-state index is 0.274. The quantitative estimate of drug-likeness (QED) is 0.633. The maximum atomic E-state index is 13.8. The fraction of sp³-hybridized carbons (Fsp3) is 0.278. The highest BCUT2D eigenvalue weighted by molar-refractivity contribution is 9.10. The number of rotatable bonds is 4. The van der Waals surface area contributed by atoms with Gasteiger partial charge < -0.3 is 9.72 Å². The fourth-order valence-electron chi connectivity index (χ4n) is 3.00. The Hall–Kier alpha value is -2.35. The van der Waals surface area contributed by atoms with E-state index in [2.05, 4.69) is 30.9 Å². The first-order valence-electron chi connectivity index (χ1n) is 8.09. The highest BCUT2D eigenvalue weighted by atomic mass is 79.9. The molecule has 0 bridgehead atoms. The van der Waals surface area contributed by atoms with Crippen LogP contribution in [0, 0.1) is 17.6 Å². The second kappa shape index (κ2) is 6.42. The first-order valence-corrected chi connectivity index (χ1v) is 8.88. The molecule has 0 radical (unpaired) electrons. The highest BCUT2D eigenvalue weighted by Crippen LogP contribution is 2.49. The van der Waals surface area contributed by atoms with Gasteiger partial charge in [0.05, 0.1) is 11.4 Å². The number of imidazole rings is 1. The van der Waals surface area contributed by atoms with Crippen LogP contribution in [0.15, 0.2) is 34.9 Å². The van der Waals surface area contributed by atoms with Crippen LogP contribution in [-0.2, 0) is 9.53 Å². The number of nitrogens with zero attached hydrogens (tertiary/aromatic N) is 2. The van der Waals surface area contributed by atoms with Crippen LogP contribution in [0.4, 0.5) is 8.78 Å². The van der Waals surface area contributed by atoms with Crippen molar-refractivity contribution in [2.45, 2.75) is 25.4 Å². The molecular weight excluding hydrogens is 408 g/mol. The highest BCUT2D eigenvalue weighted by Gasteiger charge is 2.47. The molecule has 1 aromatic carbocycles. The lowest BCUT2D eigenvalue weighted by Gasteiger charge is -2.10. The average Bonchev–Trinajstić information content (AvgIpc) is 3.26. The number of fused-ring (bicyclic) bond motifs is 1. The largest absolute Gasteiger partial charge is 0.454 e. The van der Waals surface area contributed by atoms with Crippen LogP contribution in [0.5, 0.6) is 0 Å². The monoisotopic (exact) mass is 421 g/mol. The topological polar surface area (TPSA) is 67.9 Å². The van der Waals surface area contributed by atoms with E-state index < -0.39 is 29.6 Å². The summed E-state index contributed by atoms with van der Waals surface area (Å²) in [6, 6.07) is 5.25. The molecule has 0 amide bonds. The van der Waals surface area contributed by atoms with Crippen molar-refractivity contribution in [1.29, 1.82) is 0 Å². The number of halogens is 3. The van der Waals surface area contributed by atoms with Crippen LogP contribution in [-0.4, -0.2) is 20.9 Å². The number of benzene rings is 1. The van der Waals surface area contributed by atoms with E-state index in [1.807, 2.05) is 6.07 Å². The van der Waals surface area contributed by atoms with E-state index in [9.17, 15) is 13.6 Å². The molecule has 3 aromatic rings. The number of hydrogen-bond acceptors (Lipinski definition) is 4. The van der Waals surface area contributed by atoms with E-state index >= 15 is 0 Å². The van der Waals surface area contributed by atoms with Crippen LogP contribution >= 0.6 is 15.9 Å². The van der Waals surface area contributed by atoms with Crippen LogP contribution < -0.4 is 0 Å². The molecule has 2 heterocycles. The van der Waals surface area contributed by atoms with Gasteiger partial charge in [0.2, 0.25) is 0 Å². The molecule has 0 unspecified atom stereocenters. The third-order valence-corrected chi connectivity index (χ3v) is 4.89. The van der Waals surface area contributed by atoms with Gasteiger partial charge in [-0.25, -0.2) is 18.7 Å². The summed E-state index contributed by atoms with van der Waals surface area (Å²) in [6.45, 7) is 1.71. The lowest BCUT2D eigenvalue weighted by atomic mass is 10.1. The van der Waals surface area contributed by atoms with E-state index in [1.165, 1.54) is 12.1 Å². The van der Waals surface area contributed by atoms with Crippen molar-refractivity contribution in [2.24, 2.45) is 5.92 Å².